The molecule has 0 N–H and O–H groups in total. The molecule has 0 aliphatic rings. The van der Waals surface area contributed by atoms with Crippen LogP contribution < -0.4 is 4.74 Å². The number of aromatic nitrogens is 2. The highest BCUT2D eigenvalue weighted by Gasteiger charge is 2.06. The zero-order chi connectivity index (χ0) is 14.5. The van der Waals surface area contributed by atoms with Crippen LogP contribution in [0, 0.1) is 0 Å². The minimum absolute atomic E-state index is 0.569. The SMILES string of the molecule is CCOc1nc2ccccc2nc1/C=C\c1ccccc1. The number of ether oxygens (including phenoxy) is 1. The fourth-order valence-electron chi connectivity index (χ4n) is 2.09. The van der Waals surface area contributed by atoms with E-state index in [1.165, 1.54) is 0 Å². The Hall–Kier alpha value is -2.68. The van der Waals surface area contributed by atoms with Gasteiger partial charge in [0, 0.05) is 0 Å². The molecule has 0 aliphatic heterocycles. The molecule has 0 spiro atoms. The van der Waals surface area contributed by atoms with Gasteiger partial charge >= 0.3 is 0 Å². The summed E-state index contributed by atoms with van der Waals surface area (Å²) >= 11 is 0. The Balaban J connectivity index is 2.03. The molecule has 3 heteroatoms. The third kappa shape index (κ3) is 3.08. The summed E-state index contributed by atoms with van der Waals surface area (Å²) in [4.78, 5) is 9.18. The van der Waals surface area contributed by atoms with E-state index >= 15 is 0 Å². The van der Waals surface area contributed by atoms with Gasteiger partial charge < -0.3 is 4.74 Å². The number of hydrogen-bond acceptors (Lipinski definition) is 3. The van der Waals surface area contributed by atoms with Crippen LogP contribution in [0.2, 0.25) is 0 Å². The lowest BCUT2D eigenvalue weighted by Crippen LogP contribution is -1.99. The number of nitrogens with zero attached hydrogens (tertiary/aromatic N) is 2. The second-order valence-electron chi connectivity index (χ2n) is 4.58. The van der Waals surface area contributed by atoms with Crippen molar-refractivity contribution in [2.24, 2.45) is 0 Å². The van der Waals surface area contributed by atoms with E-state index in [0.717, 1.165) is 22.3 Å². The molecule has 0 saturated carbocycles. The fraction of sp³-hybridized carbons (Fsp3) is 0.111. The van der Waals surface area contributed by atoms with Crippen molar-refractivity contribution in [1.29, 1.82) is 0 Å². The largest absolute Gasteiger partial charge is 0.476 e. The highest BCUT2D eigenvalue weighted by molar-refractivity contribution is 5.78. The maximum absolute atomic E-state index is 5.61. The molecular formula is C18H16N2O. The van der Waals surface area contributed by atoms with Gasteiger partial charge in [0.25, 0.3) is 0 Å². The summed E-state index contributed by atoms with van der Waals surface area (Å²) in [6.45, 7) is 2.51. The summed E-state index contributed by atoms with van der Waals surface area (Å²) in [5, 5.41) is 0. The van der Waals surface area contributed by atoms with Crippen LogP contribution in [0.1, 0.15) is 18.2 Å². The lowest BCUT2D eigenvalue weighted by Gasteiger charge is -2.07. The zero-order valence-corrected chi connectivity index (χ0v) is 11.9. The van der Waals surface area contributed by atoms with Crippen molar-refractivity contribution in [3.05, 3.63) is 65.9 Å². The van der Waals surface area contributed by atoms with Crippen molar-refractivity contribution in [2.75, 3.05) is 6.61 Å². The highest BCUT2D eigenvalue weighted by Crippen LogP contribution is 2.21. The molecule has 3 nitrogen and oxygen atoms in total. The van der Waals surface area contributed by atoms with Gasteiger partial charge in [-0.1, -0.05) is 48.5 Å². The average Bonchev–Trinajstić information content (AvgIpc) is 2.54. The van der Waals surface area contributed by atoms with Crippen molar-refractivity contribution in [2.45, 2.75) is 6.92 Å². The Labute approximate surface area is 123 Å². The molecule has 0 atom stereocenters. The standard InChI is InChI=1S/C18H16N2O/c1-2-21-18-17(13-12-14-8-4-3-5-9-14)19-15-10-6-7-11-16(15)20-18/h3-13H,2H2,1H3/b13-12-. The molecule has 0 aliphatic carbocycles. The topological polar surface area (TPSA) is 35.0 Å². The maximum Gasteiger partial charge on any atom is 0.240 e. The molecule has 1 heterocycles. The van der Waals surface area contributed by atoms with Crippen LogP contribution in [0.25, 0.3) is 23.2 Å². The van der Waals surface area contributed by atoms with Crippen molar-refractivity contribution in [1.82, 2.24) is 9.97 Å². The molecule has 0 bridgehead atoms. The molecule has 0 amide bonds. The van der Waals surface area contributed by atoms with Crippen LogP contribution in [-0.4, -0.2) is 16.6 Å². The summed E-state index contributed by atoms with van der Waals surface area (Å²) in [7, 11) is 0. The van der Waals surface area contributed by atoms with Gasteiger partial charge in [-0.3, -0.25) is 0 Å². The molecule has 21 heavy (non-hydrogen) atoms. The Morgan fingerprint density at radius 2 is 1.52 bits per heavy atom. The summed E-state index contributed by atoms with van der Waals surface area (Å²) in [6.07, 6.45) is 3.96. The van der Waals surface area contributed by atoms with Crippen LogP contribution >= 0.6 is 0 Å². The second kappa shape index (κ2) is 6.18. The summed E-state index contributed by atoms with van der Waals surface area (Å²) < 4.78 is 5.61. The fourth-order valence-corrected chi connectivity index (χ4v) is 2.09. The number of rotatable bonds is 4. The summed E-state index contributed by atoms with van der Waals surface area (Å²) in [6, 6.07) is 17.9. The van der Waals surface area contributed by atoms with E-state index in [1.807, 2.05) is 73.7 Å². The normalized spacial score (nSPS) is 11.1. The minimum Gasteiger partial charge on any atom is -0.476 e. The Morgan fingerprint density at radius 1 is 0.857 bits per heavy atom. The van der Waals surface area contributed by atoms with Crippen LogP contribution in [0.15, 0.2) is 54.6 Å². The maximum atomic E-state index is 5.61. The quantitative estimate of drug-likeness (QED) is 0.716. The predicted molar refractivity (Wildman–Crippen MR) is 86.1 cm³/mol. The zero-order valence-electron chi connectivity index (χ0n) is 11.9. The van der Waals surface area contributed by atoms with Crippen molar-refractivity contribution < 1.29 is 4.74 Å². The van der Waals surface area contributed by atoms with Gasteiger partial charge in [0.05, 0.1) is 17.6 Å². The summed E-state index contributed by atoms with van der Waals surface area (Å²) in [5.41, 5.74) is 3.58. The molecule has 0 radical (unpaired) electrons. The van der Waals surface area contributed by atoms with Crippen LogP contribution in [0.4, 0.5) is 0 Å². The Kier molecular flexibility index (Phi) is 3.92. The van der Waals surface area contributed by atoms with Crippen LogP contribution in [-0.2, 0) is 0 Å². The van der Waals surface area contributed by atoms with E-state index < -0.39 is 0 Å². The number of benzene rings is 2. The Bertz CT molecular complexity index is 767. The van der Waals surface area contributed by atoms with Gasteiger partial charge in [-0.05, 0) is 30.7 Å². The van der Waals surface area contributed by atoms with Crippen molar-refractivity contribution in [3.8, 4) is 5.88 Å². The smallest absolute Gasteiger partial charge is 0.240 e. The van der Waals surface area contributed by atoms with Crippen LogP contribution in [0.3, 0.4) is 0 Å². The first-order valence-corrected chi connectivity index (χ1v) is 6.99. The van der Waals surface area contributed by atoms with E-state index in [-0.39, 0.29) is 0 Å². The number of hydrogen-bond donors (Lipinski definition) is 0. The van der Waals surface area contributed by atoms with Gasteiger partial charge in [-0.2, -0.15) is 0 Å². The third-order valence-electron chi connectivity index (χ3n) is 3.08. The second-order valence-corrected chi connectivity index (χ2v) is 4.58. The van der Waals surface area contributed by atoms with Gasteiger partial charge in [-0.25, -0.2) is 9.97 Å². The first-order valence-electron chi connectivity index (χ1n) is 6.99. The molecule has 0 unspecified atom stereocenters. The molecule has 3 rings (SSSR count). The molecule has 104 valence electrons. The molecule has 0 fully saturated rings. The van der Waals surface area contributed by atoms with Gasteiger partial charge in [0.15, 0.2) is 0 Å². The van der Waals surface area contributed by atoms with E-state index in [9.17, 15) is 0 Å². The van der Waals surface area contributed by atoms with Gasteiger partial charge in [-0.15, -0.1) is 0 Å². The van der Waals surface area contributed by atoms with E-state index in [4.69, 9.17) is 4.74 Å². The minimum atomic E-state index is 0.569. The molecule has 0 saturated heterocycles. The first kappa shape index (κ1) is 13.3. The van der Waals surface area contributed by atoms with E-state index in [0.29, 0.717) is 12.5 Å². The number of fused-ring (bicyclic) bond motifs is 1. The monoisotopic (exact) mass is 276 g/mol. The van der Waals surface area contributed by atoms with E-state index in [1.54, 1.807) is 0 Å². The molecule has 3 aromatic rings. The predicted octanol–water partition coefficient (Wildman–Crippen LogP) is 4.20. The third-order valence-corrected chi connectivity index (χ3v) is 3.08. The van der Waals surface area contributed by atoms with Crippen LogP contribution in [0.5, 0.6) is 5.88 Å². The lowest BCUT2D eigenvalue weighted by molar-refractivity contribution is 0.326. The number of para-hydroxylation sites is 2. The van der Waals surface area contributed by atoms with Gasteiger partial charge in [0.1, 0.15) is 5.69 Å². The van der Waals surface area contributed by atoms with Crippen molar-refractivity contribution in [3.63, 3.8) is 0 Å². The van der Waals surface area contributed by atoms with Crippen molar-refractivity contribution >= 4 is 23.2 Å². The summed E-state index contributed by atoms with van der Waals surface area (Å²) in [5.74, 6) is 0.573. The first-order chi connectivity index (χ1) is 10.4. The van der Waals surface area contributed by atoms with E-state index in [2.05, 4.69) is 9.97 Å². The Morgan fingerprint density at radius 3 is 2.24 bits per heavy atom. The highest BCUT2D eigenvalue weighted by atomic mass is 16.5. The molecular weight excluding hydrogens is 260 g/mol. The molecule has 1 aromatic heterocycles. The molecule has 2 aromatic carbocycles. The average molecular weight is 276 g/mol. The lowest BCUT2D eigenvalue weighted by atomic mass is 10.2. The van der Waals surface area contributed by atoms with Gasteiger partial charge in [0.2, 0.25) is 5.88 Å².